The Hall–Kier alpha value is -3.28. The predicted molar refractivity (Wildman–Crippen MR) is 127 cm³/mol. The highest BCUT2D eigenvalue weighted by atomic mass is 16.5. The summed E-state index contributed by atoms with van der Waals surface area (Å²) in [4.78, 5) is 25.7. The molecule has 1 aliphatic heterocycles. The smallest absolute Gasteiger partial charge is 0.338 e. The predicted octanol–water partition coefficient (Wildman–Crippen LogP) is 5.55. The minimum Gasteiger partial charge on any atom is -0.489 e. The topological polar surface area (TPSA) is 76.7 Å². The zero-order chi connectivity index (χ0) is 23.0. The molecule has 174 valence electrons. The maximum absolute atomic E-state index is 13.3. The first-order valence-corrected chi connectivity index (χ1v) is 11.9. The number of allylic oxidation sites excluding steroid dienone is 1. The van der Waals surface area contributed by atoms with Crippen molar-refractivity contribution in [2.75, 3.05) is 0 Å². The molecular formula is C27H32N2O4. The molecule has 0 radical (unpaired) electrons. The van der Waals surface area contributed by atoms with Crippen molar-refractivity contribution in [3.8, 4) is 5.75 Å². The summed E-state index contributed by atoms with van der Waals surface area (Å²) in [5, 5.41) is 5.64. The van der Waals surface area contributed by atoms with Crippen molar-refractivity contribution in [2.24, 2.45) is 0 Å². The van der Waals surface area contributed by atoms with Crippen molar-refractivity contribution in [1.82, 2.24) is 10.6 Å². The number of benzene rings is 2. The standard InChI is InChI=1S/C27H32N2O4/c1-19-24(26(30)33-21-14-8-3-2-4-9-15-21)25(29-27(31)28-19)22-16-10-11-17-23(22)32-18-20-12-6-5-7-13-20/h5-7,10-13,16-17,21,25H,2-4,8-9,14-15,18H2,1H3,(H2,28,29,31)/t25-/m0/s1. The Bertz CT molecular complexity index is 994. The number of hydrogen-bond acceptors (Lipinski definition) is 4. The van der Waals surface area contributed by atoms with Crippen LogP contribution >= 0.6 is 0 Å². The number of carbonyl (C=O) groups excluding carboxylic acids is 2. The first-order chi connectivity index (χ1) is 16.1. The molecule has 1 aliphatic carbocycles. The molecule has 33 heavy (non-hydrogen) atoms. The van der Waals surface area contributed by atoms with E-state index in [0.717, 1.165) is 36.8 Å². The van der Waals surface area contributed by atoms with E-state index in [9.17, 15) is 9.59 Å². The number of para-hydroxylation sites is 1. The molecule has 0 spiro atoms. The number of hydrogen-bond donors (Lipinski definition) is 2. The molecule has 2 N–H and O–H groups in total. The van der Waals surface area contributed by atoms with E-state index in [0.29, 0.717) is 23.6 Å². The normalized spacial score (nSPS) is 19.7. The molecule has 6 heteroatoms. The van der Waals surface area contributed by atoms with Crippen LogP contribution in [0.3, 0.4) is 0 Å². The number of esters is 1. The second-order valence-corrected chi connectivity index (χ2v) is 8.75. The van der Waals surface area contributed by atoms with E-state index < -0.39 is 6.04 Å². The second kappa shape index (κ2) is 11.0. The van der Waals surface area contributed by atoms with Crippen molar-refractivity contribution >= 4 is 12.0 Å². The fourth-order valence-electron chi connectivity index (χ4n) is 4.53. The van der Waals surface area contributed by atoms with Crippen LogP contribution in [0.2, 0.25) is 0 Å². The molecule has 4 rings (SSSR count). The zero-order valence-corrected chi connectivity index (χ0v) is 19.1. The molecule has 2 aromatic carbocycles. The molecule has 2 amide bonds. The van der Waals surface area contributed by atoms with Gasteiger partial charge in [0.1, 0.15) is 18.5 Å². The summed E-state index contributed by atoms with van der Waals surface area (Å²) < 4.78 is 12.1. The lowest BCUT2D eigenvalue weighted by molar-refractivity contribution is -0.145. The lowest BCUT2D eigenvalue weighted by Gasteiger charge is -2.30. The van der Waals surface area contributed by atoms with Crippen LogP contribution in [-0.2, 0) is 16.1 Å². The van der Waals surface area contributed by atoms with Gasteiger partial charge in [-0.05, 0) is 44.2 Å². The summed E-state index contributed by atoms with van der Waals surface area (Å²) in [7, 11) is 0. The lowest BCUT2D eigenvalue weighted by Crippen LogP contribution is -2.45. The van der Waals surface area contributed by atoms with E-state index in [2.05, 4.69) is 10.6 Å². The highest BCUT2D eigenvalue weighted by Crippen LogP contribution is 2.34. The van der Waals surface area contributed by atoms with E-state index >= 15 is 0 Å². The number of carbonyl (C=O) groups is 2. The molecule has 0 aromatic heterocycles. The monoisotopic (exact) mass is 448 g/mol. The van der Waals surface area contributed by atoms with Gasteiger partial charge in [-0.1, -0.05) is 67.8 Å². The summed E-state index contributed by atoms with van der Waals surface area (Å²) >= 11 is 0. The molecule has 2 aromatic rings. The minimum absolute atomic E-state index is 0.0825. The Labute approximate surface area is 195 Å². The summed E-state index contributed by atoms with van der Waals surface area (Å²) in [6, 6.07) is 16.4. The van der Waals surface area contributed by atoms with Gasteiger partial charge in [0, 0.05) is 11.3 Å². The van der Waals surface area contributed by atoms with Crippen LogP contribution in [0.4, 0.5) is 4.79 Å². The van der Waals surface area contributed by atoms with Crippen LogP contribution in [0.25, 0.3) is 0 Å². The van der Waals surface area contributed by atoms with Crippen LogP contribution in [-0.4, -0.2) is 18.1 Å². The van der Waals surface area contributed by atoms with Gasteiger partial charge >= 0.3 is 12.0 Å². The third-order valence-corrected chi connectivity index (χ3v) is 6.28. The number of nitrogens with one attached hydrogen (secondary N) is 2. The molecule has 2 aliphatic rings. The first-order valence-electron chi connectivity index (χ1n) is 11.9. The maximum Gasteiger partial charge on any atom is 0.338 e. The Morgan fingerprint density at radius 3 is 2.36 bits per heavy atom. The van der Waals surface area contributed by atoms with Crippen molar-refractivity contribution in [1.29, 1.82) is 0 Å². The van der Waals surface area contributed by atoms with Crippen molar-refractivity contribution < 1.29 is 19.1 Å². The van der Waals surface area contributed by atoms with Crippen LogP contribution in [0.5, 0.6) is 5.75 Å². The van der Waals surface area contributed by atoms with E-state index in [1.54, 1.807) is 6.92 Å². The van der Waals surface area contributed by atoms with Gasteiger partial charge in [0.15, 0.2) is 0 Å². The maximum atomic E-state index is 13.3. The van der Waals surface area contributed by atoms with Gasteiger partial charge in [-0.15, -0.1) is 0 Å². The van der Waals surface area contributed by atoms with Gasteiger partial charge in [-0.2, -0.15) is 0 Å². The van der Waals surface area contributed by atoms with E-state index in [4.69, 9.17) is 9.47 Å². The average Bonchev–Trinajstić information content (AvgIpc) is 2.79. The van der Waals surface area contributed by atoms with Gasteiger partial charge in [-0.25, -0.2) is 9.59 Å². The summed E-state index contributed by atoms with van der Waals surface area (Å²) in [6.45, 7) is 2.13. The van der Waals surface area contributed by atoms with Crippen LogP contribution in [0, 0.1) is 0 Å². The van der Waals surface area contributed by atoms with E-state index in [1.807, 2.05) is 54.6 Å². The number of ether oxygens (including phenoxy) is 2. The Kier molecular flexibility index (Phi) is 7.66. The fourth-order valence-corrected chi connectivity index (χ4v) is 4.53. The van der Waals surface area contributed by atoms with Gasteiger partial charge in [0.05, 0.1) is 11.6 Å². The first kappa shape index (κ1) is 22.9. The molecule has 0 saturated heterocycles. The van der Waals surface area contributed by atoms with Gasteiger partial charge < -0.3 is 20.1 Å². The number of amides is 2. The van der Waals surface area contributed by atoms with Crippen molar-refractivity contribution in [3.63, 3.8) is 0 Å². The van der Waals surface area contributed by atoms with Crippen LogP contribution in [0.15, 0.2) is 65.9 Å². The minimum atomic E-state index is -0.647. The summed E-state index contributed by atoms with van der Waals surface area (Å²) in [5.41, 5.74) is 2.70. The lowest BCUT2D eigenvalue weighted by atomic mass is 9.94. The molecule has 1 fully saturated rings. The molecule has 1 saturated carbocycles. The molecule has 0 unspecified atom stereocenters. The number of urea groups is 1. The van der Waals surface area contributed by atoms with Crippen molar-refractivity contribution in [2.45, 2.75) is 70.6 Å². The Morgan fingerprint density at radius 2 is 1.61 bits per heavy atom. The SMILES string of the molecule is CC1=C(C(=O)OC2CCCCCCC2)[C@H](c2ccccc2OCc2ccccc2)NC(=O)N1. The fraction of sp³-hybridized carbons (Fsp3) is 0.407. The summed E-state index contributed by atoms with van der Waals surface area (Å²) in [6.07, 6.45) is 7.46. The largest absolute Gasteiger partial charge is 0.489 e. The highest BCUT2D eigenvalue weighted by molar-refractivity contribution is 5.95. The second-order valence-electron chi connectivity index (χ2n) is 8.75. The Balaban J connectivity index is 1.57. The van der Waals surface area contributed by atoms with E-state index in [-0.39, 0.29) is 18.1 Å². The molecule has 0 bridgehead atoms. The quantitative estimate of drug-likeness (QED) is 0.568. The van der Waals surface area contributed by atoms with Gasteiger partial charge in [0.2, 0.25) is 0 Å². The molecular weight excluding hydrogens is 416 g/mol. The Morgan fingerprint density at radius 1 is 0.939 bits per heavy atom. The third-order valence-electron chi connectivity index (χ3n) is 6.28. The van der Waals surface area contributed by atoms with Gasteiger partial charge in [-0.3, -0.25) is 0 Å². The van der Waals surface area contributed by atoms with E-state index in [1.165, 1.54) is 19.3 Å². The average molecular weight is 449 g/mol. The third kappa shape index (κ3) is 5.95. The van der Waals surface area contributed by atoms with Crippen LogP contribution < -0.4 is 15.4 Å². The molecule has 1 heterocycles. The van der Waals surface area contributed by atoms with Crippen molar-refractivity contribution in [3.05, 3.63) is 77.0 Å². The summed E-state index contributed by atoms with van der Waals surface area (Å²) in [5.74, 6) is 0.242. The highest BCUT2D eigenvalue weighted by Gasteiger charge is 2.35. The van der Waals surface area contributed by atoms with Gasteiger partial charge in [0.25, 0.3) is 0 Å². The molecule has 1 atom stereocenters. The zero-order valence-electron chi connectivity index (χ0n) is 19.1. The molecule has 6 nitrogen and oxygen atoms in total. The van der Waals surface area contributed by atoms with Crippen LogP contribution in [0.1, 0.15) is 69.0 Å². The number of rotatable bonds is 6.